The molecule has 2 N–H and O–H groups in total. The van der Waals surface area contributed by atoms with Gasteiger partial charge in [0.2, 0.25) is 0 Å². The van der Waals surface area contributed by atoms with Gasteiger partial charge in [0.1, 0.15) is 34.8 Å². The molecular formula is C44H46F2N6S3. The van der Waals surface area contributed by atoms with Gasteiger partial charge in [0.05, 0.1) is 22.9 Å². The van der Waals surface area contributed by atoms with Crippen molar-refractivity contribution in [3.63, 3.8) is 0 Å². The Kier molecular flexibility index (Phi) is 13.7. The van der Waals surface area contributed by atoms with Crippen LogP contribution in [0.2, 0.25) is 0 Å². The molecule has 0 aliphatic rings. The van der Waals surface area contributed by atoms with Gasteiger partial charge in [-0.15, -0.1) is 22.7 Å². The van der Waals surface area contributed by atoms with Gasteiger partial charge >= 0.3 is 0 Å². The Morgan fingerprint density at radius 3 is 1.38 bits per heavy atom. The Morgan fingerprint density at radius 1 is 0.600 bits per heavy atom. The minimum Gasteiger partial charge on any atom is -0.382 e. The number of rotatable bonds is 18. The van der Waals surface area contributed by atoms with E-state index in [4.69, 9.17) is 0 Å². The second-order valence-corrected chi connectivity index (χ2v) is 16.6. The van der Waals surface area contributed by atoms with Gasteiger partial charge in [-0.1, -0.05) is 66.2 Å². The predicted molar refractivity (Wildman–Crippen MR) is 228 cm³/mol. The summed E-state index contributed by atoms with van der Waals surface area (Å²) in [6.07, 6.45) is 11.0. The second-order valence-electron chi connectivity index (χ2n) is 13.9. The van der Waals surface area contributed by atoms with Crippen molar-refractivity contribution >= 4 is 56.8 Å². The van der Waals surface area contributed by atoms with Crippen LogP contribution in [0.4, 0.5) is 20.2 Å². The van der Waals surface area contributed by atoms with Crippen LogP contribution in [0.3, 0.4) is 0 Å². The van der Waals surface area contributed by atoms with Crippen molar-refractivity contribution in [2.45, 2.75) is 104 Å². The van der Waals surface area contributed by atoms with E-state index in [1.807, 2.05) is 36.4 Å². The molecule has 0 saturated heterocycles. The van der Waals surface area contributed by atoms with Crippen LogP contribution in [0.1, 0.15) is 103 Å². The van der Waals surface area contributed by atoms with Gasteiger partial charge in [0, 0.05) is 65.2 Å². The van der Waals surface area contributed by atoms with Crippen molar-refractivity contribution < 1.29 is 8.78 Å². The molecule has 11 heteroatoms. The Morgan fingerprint density at radius 2 is 1.02 bits per heavy atom. The summed E-state index contributed by atoms with van der Waals surface area (Å²) in [4.78, 5) is 2.78. The lowest BCUT2D eigenvalue weighted by Gasteiger charge is -2.18. The zero-order valence-corrected chi connectivity index (χ0v) is 34.2. The summed E-state index contributed by atoms with van der Waals surface area (Å²) in [5, 5.41) is 28.1. The van der Waals surface area contributed by atoms with Crippen LogP contribution in [0.15, 0.2) is 60.7 Å². The van der Waals surface area contributed by atoms with Crippen molar-refractivity contribution in [3.05, 3.63) is 83.4 Å². The number of thiophene rings is 2. The summed E-state index contributed by atoms with van der Waals surface area (Å²) in [6, 6.07) is 23.0. The Labute approximate surface area is 335 Å². The van der Waals surface area contributed by atoms with E-state index in [-0.39, 0.29) is 34.8 Å². The summed E-state index contributed by atoms with van der Waals surface area (Å²) in [6.45, 7) is 8.66. The van der Waals surface area contributed by atoms with Gasteiger partial charge in [-0.3, -0.25) is 0 Å². The molecule has 0 bridgehead atoms. The summed E-state index contributed by atoms with van der Waals surface area (Å²) in [5.74, 6) is -0.668. The molecule has 2 atom stereocenters. The number of hydrogen-bond donors (Lipinski definition) is 2. The minimum atomic E-state index is -0.334. The highest BCUT2D eigenvalue weighted by Crippen LogP contribution is 2.47. The third-order valence-corrected chi connectivity index (χ3v) is 12.9. The maximum Gasteiger partial charge on any atom is 0.133 e. The van der Waals surface area contributed by atoms with E-state index < -0.39 is 0 Å². The Bertz CT molecular complexity index is 2170. The third-order valence-electron chi connectivity index (χ3n) is 10.1. The fourth-order valence-corrected chi connectivity index (χ4v) is 9.79. The van der Waals surface area contributed by atoms with Gasteiger partial charge in [0.15, 0.2) is 0 Å². The molecule has 0 saturated carbocycles. The minimum absolute atomic E-state index is 0.181. The molecule has 284 valence electrons. The molecule has 55 heavy (non-hydrogen) atoms. The molecule has 3 aromatic carbocycles. The molecule has 0 fully saturated rings. The molecule has 6 rings (SSSR count). The van der Waals surface area contributed by atoms with Gasteiger partial charge in [-0.05, 0) is 86.3 Å². The lowest BCUT2D eigenvalue weighted by atomic mass is 9.93. The topological polar surface area (TPSA) is 97.4 Å². The van der Waals surface area contributed by atoms with E-state index in [1.165, 1.54) is 35.5 Å². The van der Waals surface area contributed by atoms with Crippen LogP contribution in [0.25, 0.3) is 52.8 Å². The number of nitriles is 2. The summed E-state index contributed by atoms with van der Waals surface area (Å²) in [7, 11) is 0. The Hall–Kier alpha value is -4.68. The van der Waals surface area contributed by atoms with Crippen molar-refractivity contribution in [2.75, 3.05) is 10.6 Å². The molecule has 2 unspecified atom stereocenters. The van der Waals surface area contributed by atoms with Crippen molar-refractivity contribution in [2.24, 2.45) is 0 Å². The first-order valence-electron chi connectivity index (χ1n) is 19.3. The molecule has 0 amide bonds. The van der Waals surface area contributed by atoms with Gasteiger partial charge in [-0.25, -0.2) is 8.78 Å². The third kappa shape index (κ3) is 8.91. The second kappa shape index (κ2) is 18.8. The molecule has 0 spiro atoms. The van der Waals surface area contributed by atoms with Crippen LogP contribution in [-0.2, 0) is 0 Å². The molecule has 3 heterocycles. The number of benzene rings is 3. The van der Waals surface area contributed by atoms with Crippen LogP contribution < -0.4 is 10.6 Å². The first-order valence-corrected chi connectivity index (χ1v) is 21.7. The normalized spacial score (nSPS) is 12.4. The van der Waals surface area contributed by atoms with Crippen LogP contribution in [-0.4, -0.2) is 20.8 Å². The number of fused-ring (bicyclic) bond motifs is 1. The number of unbranched alkanes of at least 4 members (excludes halogenated alkanes) is 4. The van der Waals surface area contributed by atoms with Gasteiger partial charge in [0.25, 0.3) is 0 Å². The smallest absolute Gasteiger partial charge is 0.133 e. The predicted octanol–water partition coefficient (Wildman–Crippen LogP) is 14.0. The maximum absolute atomic E-state index is 15.6. The average molecular weight is 793 g/mol. The zero-order valence-electron chi connectivity index (χ0n) is 31.8. The van der Waals surface area contributed by atoms with Crippen LogP contribution in [0, 0.1) is 34.3 Å². The molecule has 0 aliphatic heterocycles. The highest BCUT2D eigenvalue weighted by atomic mass is 32.1. The summed E-state index contributed by atoms with van der Waals surface area (Å²) >= 11 is 3.70. The first-order chi connectivity index (χ1) is 26.8. The fraction of sp³-hybridized carbons (Fsp3) is 0.364. The van der Waals surface area contributed by atoms with E-state index in [2.05, 4.69) is 59.2 Å². The lowest BCUT2D eigenvalue weighted by molar-refractivity contribution is 0.573. The number of nitrogens with one attached hydrogen (secondary N) is 2. The molecule has 0 aliphatic carbocycles. The van der Waals surface area contributed by atoms with E-state index in [0.717, 1.165) is 74.5 Å². The first kappa shape index (κ1) is 40.0. The van der Waals surface area contributed by atoms with E-state index in [1.54, 1.807) is 24.3 Å². The largest absolute Gasteiger partial charge is 0.382 e. The molecule has 6 aromatic rings. The van der Waals surface area contributed by atoms with E-state index in [0.29, 0.717) is 52.8 Å². The summed E-state index contributed by atoms with van der Waals surface area (Å²) in [5.41, 5.74) is 4.80. The fourth-order valence-electron chi connectivity index (χ4n) is 7.06. The van der Waals surface area contributed by atoms with Gasteiger partial charge in [-0.2, -0.15) is 19.3 Å². The van der Waals surface area contributed by atoms with Gasteiger partial charge < -0.3 is 10.6 Å². The number of halogens is 2. The highest BCUT2D eigenvalue weighted by molar-refractivity contribution is 7.19. The molecule has 3 aromatic heterocycles. The monoisotopic (exact) mass is 792 g/mol. The average Bonchev–Trinajstić information content (AvgIpc) is 3.99. The van der Waals surface area contributed by atoms with E-state index >= 15 is 8.78 Å². The number of hydrogen-bond acceptors (Lipinski definition) is 9. The lowest BCUT2D eigenvalue weighted by Crippen LogP contribution is -2.18. The Balaban J connectivity index is 1.30. The van der Waals surface area contributed by atoms with Crippen LogP contribution >= 0.6 is 34.4 Å². The maximum atomic E-state index is 15.6. The quantitative estimate of drug-likeness (QED) is 0.0841. The van der Waals surface area contributed by atoms with Crippen molar-refractivity contribution in [1.29, 1.82) is 10.5 Å². The summed E-state index contributed by atoms with van der Waals surface area (Å²) < 4.78 is 40.5. The van der Waals surface area contributed by atoms with Crippen molar-refractivity contribution in [1.82, 2.24) is 8.75 Å². The SMILES string of the molecule is CCCCCC(CC)Nc1ccc(-c2ccc(-c3c(C#N)c(C#N)c(-c4ccc(-c5ccc(NC(CC)CCCCC)cc5F)s4)c4nsnc34)s2)c(F)c1. The van der Waals surface area contributed by atoms with Crippen LogP contribution in [0.5, 0.6) is 0 Å². The zero-order chi connectivity index (χ0) is 38.9. The van der Waals surface area contributed by atoms with Crippen molar-refractivity contribution in [3.8, 4) is 53.9 Å². The highest BCUT2D eigenvalue weighted by Gasteiger charge is 2.27. The molecule has 0 radical (unpaired) electrons. The molecular weight excluding hydrogens is 747 g/mol. The molecule has 6 nitrogen and oxygen atoms in total. The number of anilines is 2. The standard InChI is InChI=1S/C44H46F2N6S3/c1-5-9-11-13-27(7-3)49-29-15-17-31(35(45)23-29)37-19-21-39(53-37)41-33(25-47)34(26-48)42(44-43(41)51-55-52-44)40-22-20-38(54-40)32-18-16-30(24-36(32)46)50-28(8-4)14-12-10-6-2/h15-24,27-28,49-50H,5-14H2,1-4H3. The van der Waals surface area contributed by atoms with E-state index in [9.17, 15) is 10.5 Å². The number of nitrogens with zero attached hydrogens (tertiary/aromatic N) is 4. The number of aromatic nitrogens is 2.